The molecule has 0 bridgehead atoms. The van der Waals surface area contributed by atoms with E-state index in [1.54, 1.807) is 11.3 Å². The number of rotatable bonds is 6. The maximum atomic E-state index is 4.54. The van der Waals surface area contributed by atoms with E-state index >= 15 is 0 Å². The van der Waals surface area contributed by atoms with Crippen molar-refractivity contribution in [2.45, 2.75) is 64.6 Å². The summed E-state index contributed by atoms with van der Waals surface area (Å²) in [5, 5.41) is 7.07. The van der Waals surface area contributed by atoms with Gasteiger partial charge in [0.25, 0.3) is 0 Å². The van der Waals surface area contributed by atoms with Gasteiger partial charge in [0.1, 0.15) is 0 Å². The summed E-state index contributed by atoms with van der Waals surface area (Å²) in [6.07, 6.45) is 6.96. The number of aromatic nitrogens is 1. The number of aryl methyl sites for hydroxylation is 1. The van der Waals surface area contributed by atoms with Crippen LogP contribution in [0.25, 0.3) is 0 Å². The second kappa shape index (κ2) is 7.36. The van der Waals surface area contributed by atoms with Gasteiger partial charge in [0.2, 0.25) is 0 Å². The van der Waals surface area contributed by atoms with Crippen LogP contribution in [-0.4, -0.2) is 35.6 Å². The van der Waals surface area contributed by atoms with Gasteiger partial charge >= 0.3 is 0 Å². The lowest BCUT2D eigenvalue weighted by Gasteiger charge is -2.28. The molecule has 1 fully saturated rings. The van der Waals surface area contributed by atoms with Crippen molar-refractivity contribution in [2.75, 3.05) is 13.6 Å². The minimum atomic E-state index is 0.559. The molecule has 1 atom stereocenters. The van der Waals surface area contributed by atoms with Crippen LogP contribution in [0.15, 0.2) is 5.38 Å². The van der Waals surface area contributed by atoms with Gasteiger partial charge in [-0.3, -0.25) is 4.90 Å². The van der Waals surface area contributed by atoms with Crippen LogP contribution in [0.1, 0.15) is 49.7 Å². The summed E-state index contributed by atoms with van der Waals surface area (Å²) in [6, 6.07) is 1.31. The molecule has 1 N–H and O–H groups in total. The highest BCUT2D eigenvalue weighted by Crippen LogP contribution is 2.17. The van der Waals surface area contributed by atoms with E-state index in [1.165, 1.54) is 37.8 Å². The van der Waals surface area contributed by atoms with Crippen LogP contribution in [0.5, 0.6) is 0 Å². The Morgan fingerprint density at radius 2 is 2.16 bits per heavy atom. The number of thiazole rings is 1. The van der Waals surface area contributed by atoms with E-state index in [0.717, 1.165) is 24.1 Å². The van der Waals surface area contributed by atoms with Gasteiger partial charge in [-0.05, 0) is 33.7 Å². The van der Waals surface area contributed by atoms with Crippen LogP contribution in [0.4, 0.5) is 0 Å². The van der Waals surface area contributed by atoms with Crippen LogP contribution in [0, 0.1) is 6.92 Å². The lowest BCUT2D eigenvalue weighted by atomic mass is 9.95. The smallest absolute Gasteiger partial charge is 0.0897 e. The second-order valence-corrected chi connectivity index (χ2v) is 6.93. The SMILES string of the molecule is Cc1nc(CN(C)C(C)CNC2CCCCC2)cs1. The second-order valence-electron chi connectivity index (χ2n) is 5.87. The molecule has 0 saturated heterocycles. The Balaban J connectivity index is 1.70. The maximum absolute atomic E-state index is 4.54. The Kier molecular flexibility index (Phi) is 5.79. The largest absolute Gasteiger partial charge is 0.312 e. The molecular formula is C15H27N3S. The molecule has 1 aromatic rings. The van der Waals surface area contributed by atoms with Crippen molar-refractivity contribution >= 4 is 11.3 Å². The predicted octanol–water partition coefficient (Wildman–Crippen LogP) is 3.19. The lowest BCUT2D eigenvalue weighted by molar-refractivity contribution is 0.228. The number of hydrogen-bond donors (Lipinski definition) is 1. The molecule has 0 aromatic carbocycles. The molecule has 0 radical (unpaired) electrons. The fourth-order valence-corrected chi connectivity index (χ4v) is 3.30. The van der Waals surface area contributed by atoms with Gasteiger partial charge < -0.3 is 5.32 Å². The van der Waals surface area contributed by atoms with E-state index in [2.05, 4.69) is 41.5 Å². The zero-order valence-corrected chi connectivity index (χ0v) is 13.3. The van der Waals surface area contributed by atoms with E-state index in [4.69, 9.17) is 0 Å². The molecule has 108 valence electrons. The first-order valence-electron chi connectivity index (χ1n) is 7.50. The van der Waals surface area contributed by atoms with E-state index < -0.39 is 0 Å². The fourth-order valence-electron chi connectivity index (χ4n) is 2.69. The van der Waals surface area contributed by atoms with Gasteiger partial charge in [0, 0.05) is 30.6 Å². The third-order valence-electron chi connectivity index (χ3n) is 4.14. The molecule has 4 heteroatoms. The Morgan fingerprint density at radius 3 is 2.79 bits per heavy atom. The molecule has 1 saturated carbocycles. The first-order valence-corrected chi connectivity index (χ1v) is 8.37. The van der Waals surface area contributed by atoms with Crippen LogP contribution in [0.3, 0.4) is 0 Å². The standard InChI is InChI=1S/C15H27N3S/c1-12(9-16-14-7-5-4-6-8-14)18(3)10-15-11-19-13(2)17-15/h11-12,14,16H,4-10H2,1-3H3. The summed E-state index contributed by atoms with van der Waals surface area (Å²) in [6.45, 7) is 6.42. The Bertz CT molecular complexity index is 371. The molecule has 1 heterocycles. The number of nitrogens with zero attached hydrogens (tertiary/aromatic N) is 2. The molecule has 1 aliphatic rings. The topological polar surface area (TPSA) is 28.2 Å². The van der Waals surface area contributed by atoms with Gasteiger partial charge in [-0.2, -0.15) is 0 Å². The molecule has 1 aromatic heterocycles. The van der Waals surface area contributed by atoms with Crippen molar-refractivity contribution in [1.29, 1.82) is 0 Å². The first kappa shape index (κ1) is 14.9. The Hall–Kier alpha value is -0.450. The van der Waals surface area contributed by atoms with Crippen LogP contribution < -0.4 is 5.32 Å². The van der Waals surface area contributed by atoms with E-state index in [0.29, 0.717) is 6.04 Å². The van der Waals surface area contributed by atoms with Gasteiger partial charge in [-0.1, -0.05) is 19.3 Å². The summed E-state index contributed by atoms with van der Waals surface area (Å²) in [5.41, 5.74) is 1.20. The third kappa shape index (κ3) is 4.86. The highest BCUT2D eigenvalue weighted by atomic mass is 32.1. The summed E-state index contributed by atoms with van der Waals surface area (Å²) in [7, 11) is 2.20. The van der Waals surface area contributed by atoms with Crippen LogP contribution in [-0.2, 0) is 6.54 Å². The van der Waals surface area contributed by atoms with E-state index in [1.807, 2.05) is 0 Å². The highest BCUT2D eigenvalue weighted by molar-refractivity contribution is 7.09. The fraction of sp³-hybridized carbons (Fsp3) is 0.800. The number of likely N-dealkylation sites (N-methyl/N-ethyl adjacent to an activating group) is 1. The van der Waals surface area contributed by atoms with Crippen LogP contribution >= 0.6 is 11.3 Å². The molecule has 0 aliphatic heterocycles. The molecule has 2 rings (SSSR count). The maximum Gasteiger partial charge on any atom is 0.0897 e. The molecule has 0 amide bonds. The average molecular weight is 281 g/mol. The normalized spacial score (nSPS) is 18.9. The molecule has 3 nitrogen and oxygen atoms in total. The van der Waals surface area contributed by atoms with Gasteiger partial charge in [0.15, 0.2) is 0 Å². The van der Waals surface area contributed by atoms with Crippen LogP contribution in [0.2, 0.25) is 0 Å². The monoisotopic (exact) mass is 281 g/mol. The zero-order valence-electron chi connectivity index (χ0n) is 12.5. The molecule has 19 heavy (non-hydrogen) atoms. The number of nitrogens with one attached hydrogen (secondary N) is 1. The minimum absolute atomic E-state index is 0.559. The zero-order chi connectivity index (χ0) is 13.7. The van der Waals surface area contributed by atoms with Crippen molar-refractivity contribution in [3.05, 3.63) is 16.1 Å². The lowest BCUT2D eigenvalue weighted by Crippen LogP contribution is -2.42. The van der Waals surface area contributed by atoms with E-state index in [-0.39, 0.29) is 0 Å². The van der Waals surface area contributed by atoms with Crippen molar-refractivity contribution < 1.29 is 0 Å². The molecule has 1 aliphatic carbocycles. The van der Waals surface area contributed by atoms with Gasteiger partial charge in [-0.25, -0.2) is 4.98 Å². The minimum Gasteiger partial charge on any atom is -0.312 e. The third-order valence-corrected chi connectivity index (χ3v) is 4.96. The molecule has 1 unspecified atom stereocenters. The summed E-state index contributed by atoms with van der Waals surface area (Å²) in [4.78, 5) is 6.93. The summed E-state index contributed by atoms with van der Waals surface area (Å²) >= 11 is 1.74. The van der Waals surface area contributed by atoms with Gasteiger partial charge in [-0.15, -0.1) is 11.3 Å². The summed E-state index contributed by atoms with van der Waals surface area (Å²) < 4.78 is 0. The Morgan fingerprint density at radius 1 is 1.42 bits per heavy atom. The number of hydrogen-bond acceptors (Lipinski definition) is 4. The molecular weight excluding hydrogens is 254 g/mol. The van der Waals surface area contributed by atoms with Gasteiger partial charge in [0.05, 0.1) is 10.7 Å². The van der Waals surface area contributed by atoms with E-state index in [9.17, 15) is 0 Å². The Labute approximate surface area is 121 Å². The van der Waals surface area contributed by atoms with Crippen molar-refractivity contribution in [1.82, 2.24) is 15.2 Å². The summed E-state index contributed by atoms with van der Waals surface area (Å²) in [5.74, 6) is 0. The van der Waals surface area contributed by atoms with Crippen molar-refractivity contribution in [2.24, 2.45) is 0 Å². The average Bonchev–Trinajstić information content (AvgIpc) is 2.82. The molecule has 0 spiro atoms. The van der Waals surface area contributed by atoms with Crippen molar-refractivity contribution in [3.8, 4) is 0 Å². The highest BCUT2D eigenvalue weighted by Gasteiger charge is 2.16. The first-order chi connectivity index (χ1) is 9.15. The predicted molar refractivity (Wildman–Crippen MR) is 82.7 cm³/mol. The quantitative estimate of drug-likeness (QED) is 0.868. The van der Waals surface area contributed by atoms with Crippen molar-refractivity contribution in [3.63, 3.8) is 0 Å².